The van der Waals surface area contributed by atoms with Crippen molar-refractivity contribution >= 4 is 41.0 Å². The second kappa shape index (κ2) is 8.80. The van der Waals surface area contributed by atoms with Crippen LogP contribution < -0.4 is 10.6 Å². The first-order valence-electron chi connectivity index (χ1n) is 7.76. The van der Waals surface area contributed by atoms with Crippen molar-refractivity contribution in [2.24, 2.45) is 12.0 Å². The lowest BCUT2D eigenvalue weighted by Crippen LogP contribution is -2.36. The molecule has 0 bridgehead atoms. The maximum atomic E-state index is 12.9. The average molecular weight is 453 g/mol. The van der Waals surface area contributed by atoms with Crippen LogP contribution in [0.1, 0.15) is 11.4 Å². The molecule has 0 saturated carbocycles. The molecule has 0 atom stereocenters. The number of halogens is 2. The van der Waals surface area contributed by atoms with Crippen LogP contribution in [0.4, 0.5) is 4.39 Å². The highest BCUT2D eigenvalue weighted by atomic mass is 127. The van der Waals surface area contributed by atoms with Crippen molar-refractivity contribution in [1.29, 1.82) is 0 Å². The predicted molar refractivity (Wildman–Crippen MR) is 110 cm³/mol. The topological polar surface area (TPSA) is 54.2 Å². The number of rotatable bonds is 4. The highest BCUT2D eigenvalue weighted by Gasteiger charge is 2.07. The van der Waals surface area contributed by atoms with E-state index in [2.05, 4.69) is 25.2 Å². The summed E-state index contributed by atoms with van der Waals surface area (Å²) >= 11 is 0. The van der Waals surface area contributed by atoms with Crippen molar-refractivity contribution in [1.82, 2.24) is 20.2 Å². The predicted octanol–water partition coefficient (Wildman–Crippen LogP) is 3.20. The molecular weight excluding hydrogens is 432 g/mol. The van der Waals surface area contributed by atoms with Crippen molar-refractivity contribution < 1.29 is 4.39 Å². The molecule has 132 valence electrons. The molecule has 1 aromatic heterocycles. The van der Waals surface area contributed by atoms with Crippen LogP contribution in [0.15, 0.2) is 53.5 Å². The SMILES string of the molecule is CN=C(NCc1ccc(F)cc1)NCc1nc2ccccc2n1C.I. The molecule has 0 aliphatic heterocycles. The fourth-order valence-electron chi connectivity index (χ4n) is 2.52. The van der Waals surface area contributed by atoms with Crippen LogP contribution in [0, 0.1) is 5.82 Å². The third-order valence-corrected chi connectivity index (χ3v) is 3.89. The summed E-state index contributed by atoms with van der Waals surface area (Å²) in [6, 6.07) is 14.4. The second-order valence-electron chi connectivity index (χ2n) is 5.48. The fraction of sp³-hybridized carbons (Fsp3) is 0.222. The first-order valence-corrected chi connectivity index (χ1v) is 7.76. The van der Waals surface area contributed by atoms with Gasteiger partial charge in [0, 0.05) is 20.6 Å². The minimum Gasteiger partial charge on any atom is -0.352 e. The van der Waals surface area contributed by atoms with E-state index in [1.807, 2.05) is 31.3 Å². The summed E-state index contributed by atoms with van der Waals surface area (Å²) < 4.78 is 15.0. The molecule has 2 aromatic carbocycles. The number of hydrogen-bond acceptors (Lipinski definition) is 2. The number of nitrogens with zero attached hydrogens (tertiary/aromatic N) is 3. The largest absolute Gasteiger partial charge is 0.352 e. The summed E-state index contributed by atoms with van der Waals surface area (Å²) in [5, 5.41) is 6.46. The number of aryl methyl sites for hydroxylation is 1. The smallest absolute Gasteiger partial charge is 0.191 e. The lowest BCUT2D eigenvalue weighted by molar-refractivity contribution is 0.626. The summed E-state index contributed by atoms with van der Waals surface area (Å²) in [6.45, 7) is 1.14. The van der Waals surface area contributed by atoms with E-state index in [1.54, 1.807) is 19.2 Å². The van der Waals surface area contributed by atoms with Gasteiger partial charge in [-0.05, 0) is 29.8 Å². The van der Waals surface area contributed by atoms with Crippen LogP contribution in [0.25, 0.3) is 11.0 Å². The van der Waals surface area contributed by atoms with Crippen molar-refractivity contribution in [2.45, 2.75) is 13.1 Å². The zero-order valence-electron chi connectivity index (χ0n) is 14.2. The Bertz CT molecular complexity index is 858. The zero-order valence-corrected chi connectivity index (χ0v) is 16.5. The maximum Gasteiger partial charge on any atom is 0.191 e. The summed E-state index contributed by atoms with van der Waals surface area (Å²) in [6.07, 6.45) is 0. The van der Waals surface area contributed by atoms with Crippen molar-refractivity contribution in [3.05, 3.63) is 65.7 Å². The summed E-state index contributed by atoms with van der Waals surface area (Å²) in [5.41, 5.74) is 3.07. The molecule has 0 amide bonds. The standard InChI is InChI=1S/C18H20FN5.HI/c1-20-18(21-11-13-7-9-14(19)10-8-13)22-12-17-23-15-5-3-4-6-16(15)24(17)2;/h3-10H,11-12H2,1-2H3,(H2,20,21,22);1H. The molecule has 5 nitrogen and oxygen atoms in total. The number of imidazole rings is 1. The summed E-state index contributed by atoms with van der Waals surface area (Å²) in [4.78, 5) is 8.83. The van der Waals surface area contributed by atoms with Crippen LogP contribution in [-0.4, -0.2) is 22.6 Å². The number of nitrogens with one attached hydrogen (secondary N) is 2. The molecule has 2 N–H and O–H groups in total. The number of aliphatic imine (C=N–C) groups is 1. The Balaban J connectivity index is 0.00000225. The van der Waals surface area contributed by atoms with Gasteiger partial charge >= 0.3 is 0 Å². The first-order chi connectivity index (χ1) is 11.7. The summed E-state index contributed by atoms with van der Waals surface area (Å²) in [5.74, 6) is 1.37. The second-order valence-corrected chi connectivity index (χ2v) is 5.48. The molecule has 0 fully saturated rings. The van der Waals surface area contributed by atoms with Crippen molar-refractivity contribution in [3.8, 4) is 0 Å². The highest BCUT2D eigenvalue weighted by Crippen LogP contribution is 2.13. The van der Waals surface area contributed by atoms with Gasteiger partial charge in [-0.3, -0.25) is 4.99 Å². The Hall–Kier alpha value is -2.16. The van der Waals surface area contributed by atoms with Gasteiger partial charge in [0.05, 0.1) is 17.6 Å². The number of guanidine groups is 1. The fourth-order valence-corrected chi connectivity index (χ4v) is 2.52. The molecular formula is C18H21FIN5. The lowest BCUT2D eigenvalue weighted by Gasteiger charge is -2.12. The molecule has 0 spiro atoms. The van der Waals surface area contributed by atoms with Gasteiger partial charge in [-0.1, -0.05) is 24.3 Å². The molecule has 0 saturated heterocycles. The highest BCUT2D eigenvalue weighted by molar-refractivity contribution is 14.0. The quantitative estimate of drug-likeness (QED) is 0.363. The van der Waals surface area contributed by atoms with Crippen LogP contribution in [-0.2, 0) is 20.1 Å². The third-order valence-electron chi connectivity index (χ3n) is 3.89. The number of aromatic nitrogens is 2. The molecule has 3 rings (SSSR count). The first kappa shape index (κ1) is 19.2. The van der Waals surface area contributed by atoms with E-state index in [4.69, 9.17) is 0 Å². The van der Waals surface area contributed by atoms with E-state index in [9.17, 15) is 4.39 Å². The number of hydrogen-bond donors (Lipinski definition) is 2. The van der Waals surface area contributed by atoms with E-state index in [0.717, 1.165) is 22.4 Å². The van der Waals surface area contributed by atoms with Gasteiger partial charge in [0.15, 0.2) is 5.96 Å². The van der Waals surface area contributed by atoms with E-state index in [-0.39, 0.29) is 29.8 Å². The van der Waals surface area contributed by atoms with Gasteiger partial charge in [0.2, 0.25) is 0 Å². The Labute approximate surface area is 163 Å². The third kappa shape index (κ3) is 4.68. The van der Waals surface area contributed by atoms with Gasteiger partial charge < -0.3 is 15.2 Å². The van der Waals surface area contributed by atoms with Crippen LogP contribution >= 0.6 is 24.0 Å². The molecule has 3 aromatic rings. The minimum atomic E-state index is -0.233. The lowest BCUT2D eigenvalue weighted by atomic mass is 10.2. The average Bonchev–Trinajstić information content (AvgIpc) is 2.93. The van der Waals surface area contributed by atoms with Crippen LogP contribution in [0.5, 0.6) is 0 Å². The molecule has 0 radical (unpaired) electrons. The monoisotopic (exact) mass is 453 g/mol. The molecule has 25 heavy (non-hydrogen) atoms. The number of benzene rings is 2. The Morgan fingerprint density at radius 2 is 1.76 bits per heavy atom. The minimum absolute atomic E-state index is 0. The normalized spacial score (nSPS) is 11.2. The van der Waals surface area contributed by atoms with Crippen molar-refractivity contribution in [2.75, 3.05) is 7.05 Å². The van der Waals surface area contributed by atoms with E-state index < -0.39 is 0 Å². The Morgan fingerprint density at radius 1 is 1.08 bits per heavy atom. The van der Waals surface area contributed by atoms with Gasteiger partial charge in [-0.25, -0.2) is 9.37 Å². The maximum absolute atomic E-state index is 12.9. The molecule has 0 aliphatic carbocycles. The van der Waals surface area contributed by atoms with E-state index in [1.165, 1.54) is 12.1 Å². The zero-order chi connectivity index (χ0) is 16.9. The molecule has 0 unspecified atom stereocenters. The van der Waals surface area contributed by atoms with E-state index >= 15 is 0 Å². The van der Waals surface area contributed by atoms with Gasteiger partial charge in [0.25, 0.3) is 0 Å². The van der Waals surface area contributed by atoms with Crippen LogP contribution in [0.2, 0.25) is 0 Å². The van der Waals surface area contributed by atoms with Gasteiger partial charge in [0.1, 0.15) is 11.6 Å². The number of fused-ring (bicyclic) bond motifs is 1. The van der Waals surface area contributed by atoms with Crippen LogP contribution in [0.3, 0.4) is 0 Å². The number of para-hydroxylation sites is 2. The molecule has 0 aliphatic rings. The molecule has 7 heteroatoms. The Kier molecular flexibility index (Phi) is 6.74. The summed E-state index contributed by atoms with van der Waals surface area (Å²) in [7, 11) is 3.72. The Morgan fingerprint density at radius 3 is 2.44 bits per heavy atom. The molecule has 1 heterocycles. The van der Waals surface area contributed by atoms with E-state index in [0.29, 0.717) is 19.0 Å². The van der Waals surface area contributed by atoms with Gasteiger partial charge in [-0.15, -0.1) is 24.0 Å². The van der Waals surface area contributed by atoms with Gasteiger partial charge in [-0.2, -0.15) is 0 Å². The van der Waals surface area contributed by atoms with Crippen molar-refractivity contribution in [3.63, 3.8) is 0 Å².